The number of carbonyl (C=O) groups is 1. The van der Waals surface area contributed by atoms with Crippen LogP contribution in [0.3, 0.4) is 0 Å². The van der Waals surface area contributed by atoms with E-state index in [-0.39, 0.29) is 12.2 Å². The second-order valence-corrected chi connectivity index (χ2v) is 6.25. The normalized spacial score (nSPS) is 17.1. The number of benzene rings is 1. The molecule has 0 aromatic heterocycles. The number of aryl methyl sites for hydroxylation is 1. The Morgan fingerprint density at radius 3 is 2.71 bits per heavy atom. The molecule has 0 atom stereocenters. The van der Waals surface area contributed by atoms with Crippen molar-refractivity contribution in [2.75, 3.05) is 13.1 Å². The van der Waals surface area contributed by atoms with Crippen LogP contribution in [0.1, 0.15) is 36.8 Å². The average molecular weight is 314 g/mol. The smallest absolute Gasteiger partial charge is 0.303 e. The molecule has 21 heavy (non-hydrogen) atoms. The Bertz CT molecular complexity index is 513. The molecule has 1 fully saturated rings. The first-order chi connectivity index (χ1) is 9.95. The maximum Gasteiger partial charge on any atom is 0.303 e. The van der Waals surface area contributed by atoms with Gasteiger partial charge < -0.3 is 5.11 Å². The van der Waals surface area contributed by atoms with Crippen LogP contribution in [0.4, 0.5) is 4.39 Å². The summed E-state index contributed by atoms with van der Waals surface area (Å²) >= 11 is 6.18. The number of piperidine rings is 1. The highest BCUT2D eigenvalue weighted by molar-refractivity contribution is 6.31. The number of likely N-dealkylation sites (tertiary alicyclic amines) is 1. The number of hydrogen-bond acceptors (Lipinski definition) is 2. The number of hydrogen-bond donors (Lipinski definition) is 1. The summed E-state index contributed by atoms with van der Waals surface area (Å²) in [5, 5.41) is 9.32. The minimum Gasteiger partial charge on any atom is -0.481 e. The van der Waals surface area contributed by atoms with Gasteiger partial charge in [0.15, 0.2) is 0 Å². The van der Waals surface area contributed by atoms with Gasteiger partial charge in [-0.15, -0.1) is 0 Å². The van der Waals surface area contributed by atoms with Gasteiger partial charge in [-0.3, -0.25) is 9.69 Å². The molecule has 3 nitrogen and oxygen atoms in total. The lowest BCUT2D eigenvalue weighted by atomic mass is 9.92. The van der Waals surface area contributed by atoms with Crippen molar-refractivity contribution >= 4 is 17.6 Å². The summed E-state index contributed by atoms with van der Waals surface area (Å²) in [4.78, 5) is 12.8. The standard InChI is InChI=1S/C16H21ClFNO2/c1-11-8-14(17)13(9-15(11)18)10-19-6-4-12(5-7-19)2-3-16(20)21/h8-9,12H,2-7,10H2,1H3,(H,20,21). The van der Waals surface area contributed by atoms with E-state index in [2.05, 4.69) is 4.90 Å². The number of nitrogens with zero attached hydrogens (tertiary/aromatic N) is 1. The summed E-state index contributed by atoms with van der Waals surface area (Å²) in [5.74, 6) is -0.451. The van der Waals surface area contributed by atoms with E-state index in [1.807, 2.05) is 0 Å². The maximum atomic E-state index is 13.6. The van der Waals surface area contributed by atoms with Crippen LogP contribution in [-0.2, 0) is 11.3 Å². The number of carboxylic acids is 1. The first-order valence-corrected chi connectivity index (χ1v) is 7.72. The van der Waals surface area contributed by atoms with E-state index >= 15 is 0 Å². The van der Waals surface area contributed by atoms with Crippen LogP contribution in [0.5, 0.6) is 0 Å². The molecule has 1 saturated heterocycles. The van der Waals surface area contributed by atoms with Crippen molar-refractivity contribution in [1.29, 1.82) is 0 Å². The fourth-order valence-electron chi connectivity index (χ4n) is 2.81. The Hall–Kier alpha value is -1.13. The largest absolute Gasteiger partial charge is 0.481 e. The third-order valence-corrected chi connectivity index (χ3v) is 4.55. The molecule has 0 amide bonds. The first kappa shape index (κ1) is 16.2. The summed E-state index contributed by atoms with van der Waals surface area (Å²) in [6, 6.07) is 3.19. The van der Waals surface area contributed by atoms with E-state index in [0.717, 1.165) is 37.9 Å². The van der Waals surface area contributed by atoms with Gasteiger partial charge in [0.2, 0.25) is 0 Å². The molecular weight excluding hydrogens is 293 g/mol. The highest BCUT2D eigenvalue weighted by Crippen LogP contribution is 2.26. The molecule has 1 aromatic carbocycles. The molecule has 5 heteroatoms. The molecule has 2 rings (SSSR count). The fraction of sp³-hybridized carbons (Fsp3) is 0.562. The first-order valence-electron chi connectivity index (χ1n) is 7.34. The van der Waals surface area contributed by atoms with E-state index in [1.54, 1.807) is 13.0 Å². The minimum atomic E-state index is -0.723. The van der Waals surface area contributed by atoms with Gasteiger partial charge in [0.05, 0.1) is 0 Å². The number of aliphatic carboxylic acids is 1. The van der Waals surface area contributed by atoms with Gasteiger partial charge in [-0.2, -0.15) is 0 Å². The number of carboxylic acid groups (broad SMARTS) is 1. The van der Waals surface area contributed by atoms with Gasteiger partial charge in [-0.25, -0.2) is 4.39 Å². The molecule has 0 aliphatic carbocycles. The van der Waals surface area contributed by atoms with Crippen LogP contribution in [-0.4, -0.2) is 29.1 Å². The average Bonchev–Trinajstić information content (AvgIpc) is 2.44. The van der Waals surface area contributed by atoms with E-state index in [1.165, 1.54) is 6.07 Å². The molecule has 1 heterocycles. The third-order valence-electron chi connectivity index (χ3n) is 4.20. The van der Waals surface area contributed by atoms with Crippen LogP contribution in [0.15, 0.2) is 12.1 Å². The van der Waals surface area contributed by atoms with Crippen LogP contribution in [0.2, 0.25) is 5.02 Å². The van der Waals surface area contributed by atoms with Gasteiger partial charge in [0, 0.05) is 18.0 Å². The van der Waals surface area contributed by atoms with Gasteiger partial charge >= 0.3 is 5.97 Å². The minimum absolute atomic E-state index is 0.217. The Labute approximate surface area is 129 Å². The molecule has 0 spiro atoms. The van der Waals surface area contributed by atoms with Crippen molar-refractivity contribution in [3.05, 3.63) is 34.1 Å². The zero-order valence-corrected chi connectivity index (χ0v) is 13.0. The summed E-state index contributed by atoms with van der Waals surface area (Å²) in [6.07, 6.45) is 3.00. The molecule has 116 valence electrons. The van der Waals surface area contributed by atoms with Crippen molar-refractivity contribution in [2.45, 2.75) is 39.2 Å². The van der Waals surface area contributed by atoms with Crippen molar-refractivity contribution < 1.29 is 14.3 Å². The molecule has 1 aromatic rings. The fourth-order valence-corrected chi connectivity index (χ4v) is 3.09. The van der Waals surface area contributed by atoms with Crippen LogP contribution in [0, 0.1) is 18.7 Å². The summed E-state index contributed by atoms with van der Waals surface area (Å²) in [7, 11) is 0. The van der Waals surface area contributed by atoms with Crippen molar-refractivity contribution in [3.63, 3.8) is 0 Å². The second-order valence-electron chi connectivity index (χ2n) is 5.84. The summed E-state index contributed by atoms with van der Waals surface area (Å²) in [6.45, 7) is 4.19. The van der Waals surface area contributed by atoms with Gasteiger partial charge in [0.1, 0.15) is 5.82 Å². The van der Waals surface area contributed by atoms with Gasteiger partial charge in [-0.1, -0.05) is 11.6 Å². The lowest BCUT2D eigenvalue weighted by molar-refractivity contribution is -0.137. The Balaban J connectivity index is 1.86. The zero-order valence-electron chi connectivity index (χ0n) is 12.2. The predicted octanol–water partition coefficient (Wildman–Crippen LogP) is 3.86. The van der Waals surface area contributed by atoms with E-state index in [0.29, 0.717) is 23.0 Å². The maximum absolute atomic E-state index is 13.6. The van der Waals surface area contributed by atoms with Crippen LogP contribution >= 0.6 is 11.6 Å². The van der Waals surface area contributed by atoms with Crippen LogP contribution in [0.25, 0.3) is 0 Å². The Morgan fingerprint density at radius 2 is 2.10 bits per heavy atom. The highest BCUT2D eigenvalue weighted by atomic mass is 35.5. The third kappa shape index (κ3) is 4.68. The topological polar surface area (TPSA) is 40.5 Å². The Kier molecular flexibility index (Phi) is 5.59. The highest BCUT2D eigenvalue weighted by Gasteiger charge is 2.20. The molecular formula is C16H21ClFNO2. The molecule has 0 bridgehead atoms. The van der Waals surface area contributed by atoms with Crippen molar-refractivity contribution in [3.8, 4) is 0 Å². The SMILES string of the molecule is Cc1cc(Cl)c(CN2CCC(CCC(=O)O)CC2)cc1F. The molecule has 0 saturated carbocycles. The van der Waals surface area contributed by atoms with Gasteiger partial charge in [-0.05, 0) is 68.5 Å². The number of halogens is 2. The van der Waals surface area contributed by atoms with Crippen molar-refractivity contribution in [1.82, 2.24) is 4.90 Å². The second kappa shape index (κ2) is 7.23. The molecule has 1 aliphatic rings. The van der Waals surface area contributed by atoms with E-state index in [9.17, 15) is 9.18 Å². The molecule has 1 N–H and O–H groups in total. The Morgan fingerprint density at radius 1 is 1.43 bits per heavy atom. The monoisotopic (exact) mass is 313 g/mol. The lowest BCUT2D eigenvalue weighted by Crippen LogP contribution is -2.33. The zero-order chi connectivity index (χ0) is 15.4. The van der Waals surface area contributed by atoms with E-state index < -0.39 is 5.97 Å². The quantitative estimate of drug-likeness (QED) is 0.897. The van der Waals surface area contributed by atoms with Crippen LogP contribution < -0.4 is 0 Å². The number of rotatable bonds is 5. The van der Waals surface area contributed by atoms with Gasteiger partial charge in [0.25, 0.3) is 0 Å². The predicted molar refractivity (Wildman–Crippen MR) is 81.0 cm³/mol. The summed E-state index contributed by atoms with van der Waals surface area (Å²) < 4.78 is 13.6. The molecule has 1 aliphatic heterocycles. The molecule has 0 unspecified atom stereocenters. The lowest BCUT2D eigenvalue weighted by Gasteiger charge is -2.32. The van der Waals surface area contributed by atoms with E-state index in [4.69, 9.17) is 16.7 Å². The molecule has 0 radical (unpaired) electrons. The summed E-state index contributed by atoms with van der Waals surface area (Å²) in [5.41, 5.74) is 1.39. The van der Waals surface area contributed by atoms with Crippen molar-refractivity contribution in [2.24, 2.45) is 5.92 Å².